The predicted octanol–water partition coefficient (Wildman–Crippen LogP) is 2.13. The molecule has 1 saturated heterocycles. The molecule has 1 aliphatic heterocycles. The molecule has 17 heavy (non-hydrogen) atoms. The maximum atomic E-state index is 5.99. The van der Waals surface area contributed by atoms with Crippen molar-refractivity contribution in [3.63, 3.8) is 0 Å². The summed E-state index contributed by atoms with van der Waals surface area (Å²) in [5, 5.41) is 0. The smallest absolute Gasteiger partial charge is 0.0837 e. The van der Waals surface area contributed by atoms with Crippen molar-refractivity contribution in [1.29, 1.82) is 0 Å². The van der Waals surface area contributed by atoms with Crippen LogP contribution in [-0.4, -0.2) is 26.4 Å². The number of benzene rings is 1. The van der Waals surface area contributed by atoms with Gasteiger partial charge in [-0.25, -0.2) is 0 Å². The minimum atomic E-state index is 0.127. The van der Waals surface area contributed by atoms with Crippen LogP contribution < -0.4 is 5.73 Å². The summed E-state index contributed by atoms with van der Waals surface area (Å²) in [6.07, 6.45) is 2.11. The number of hydrogen-bond acceptors (Lipinski definition) is 3. The van der Waals surface area contributed by atoms with Crippen molar-refractivity contribution in [3.8, 4) is 0 Å². The molecular formula is C14H21NO2. The SMILES string of the molecule is NCCC(OCC1CCOC1)c1ccccc1. The Morgan fingerprint density at radius 2 is 2.18 bits per heavy atom. The van der Waals surface area contributed by atoms with Crippen molar-refractivity contribution in [3.05, 3.63) is 35.9 Å². The van der Waals surface area contributed by atoms with Gasteiger partial charge in [-0.1, -0.05) is 30.3 Å². The van der Waals surface area contributed by atoms with Crippen LogP contribution in [0.15, 0.2) is 30.3 Å². The lowest BCUT2D eigenvalue weighted by atomic mass is 10.1. The van der Waals surface area contributed by atoms with Crippen LogP contribution in [0.4, 0.5) is 0 Å². The molecule has 94 valence electrons. The van der Waals surface area contributed by atoms with Gasteiger partial charge in [0.15, 0.2) is 0 Å². The molecule has 1 fully saturated rings. The second-order valence-electron chi connectivity index (χ2n) is 4.54. The summed E-state index contributed by atoms with van der Waals surface area (Å²) in [6, 6.07) is 10.3. The third kappa shape index (κ3) is 3.80. The highest BCUT2D eigenvalue weighted by atomic mass is 16.5. The fourth-order valence-electron chi connectivity index (χ4n) is 2.13. The van der Waals surface area contributed by atoms with Crippen LogP contribution in [0.25, 0.3) is 0 Å². The Kier molecular flexibility index (Phi) is 4.98. The van der Waals surface area contributed by atoms with Crippen LogP contribution in [0.1, 0.15) is 24.5 Å². The van der Waals surface area contributed by atoms with E-state index in [1.807, 2.05) is 18.2 Å². The molecule has 0 saturated carbocycles. The van der Waals surface area contributed by atoms with Crippen molar-refractivity contribution in [2.75, 3.05) is 26.4 Å². The van der Waals surface area contributed by atoms with Gasteiger partial charge in [-0.15, -0.1) is 0 Å². The van der Waals surface area contributed by atoms with Gasteiger partial charge in [-0.2, -0.15) is 0 Å². The van der Waals surface area contributed by atoms with Gasteiger partial charge in [0.05, 0.1) is 19.3 Å². The standard InChI is InChI=1S/C14H21NO2/c15-8-6-14(13-4-2-1-3-5-13)17-11-12-7-9-16-10-12/h1-5,12,14H,6-11,15H2. The van der Waals surface area contributed by atoms with Crippen LogP contribution in [-0.2, 0) is 9.47 Å². The first-order chi connectivity index (χ1) is 8.40. The van der Waals surface area contributed by atoms with E-state index in [1.165, 1.54) is 5.56 Å². The monoisotopic (exact) mass is 235 g/mol. The Labute approximate surface area is 103 Å². The summed E-state index contributed by atoms with van der Waals surface area (Å²) < 4.78 is 11.3. The summed E-state index contributed by atoms with van der Waals surface area (Å²) in [4.78, 5) is 0. The van der Waals surface area contributed by atoms with Gasteiger partial charge in [-0.3, -0.25) is 0 Å². The van der Waals surface area contributed by atoms with E-state index in [0.29, 0.717) is 12.5 Å². The zero-order valence-electron chi connectivity index (χ0n) is 10.2. The normalized spacial score (nSPS) is 21.6. The first-order valence-corrected chi connectivity index (χ1v) is 6.34. The van der Waals surface area contributed by atoms with Crippen molar-refractivity contribution < 1.29 is 9.47 Å². The summed E-state index contributed by atoms with van der Waals surface area (Å²) in [5.41, 5.74) is 6.87. The zero-order chi connectivity index (χ0) is 11.9. The average Bonchev–Trinajstić information content (AvgIpc) is 2.88. The second kappa shape index (κ2) is 6.74. The lowest BCUT2D eigenvalue weighted by molar-refractivity contribution is 0.0216. The van der Waals surface area contributed by atoms with Gasteiger partial charge in [-0.05, 0) is 24.9 Å². The van der Waals surface area contributed by atoms with Crippen LogP contribution in [0, 0.1) is 5.92 Å². The maximum Gasteiger partial charge on any atom is 0.0837 e. The topological polar surface area (TPSA) is 44.5 Å². The maximum absolute atomic E-state index is 5.99. The van der Waals surface area contributed by atoms with Gasteiger partial charge in [0.1, 0.15) is 0 Å². The van der Waals surface area contributed by atoms with Gasteiger partial charge in [0.25, 0.3) is 0 Å². The molecule has 2 atom stereocenters. The lowest BCUT2D eigenvalue weighted by Crippen LogP contribution is -2.16. The molecule has 1 heterocycles. The fourth-order valence-corrected chi connectivity index (χ4v) is 2.13. The number of hydrogen-bond donors (Lipinski definition) is 1. The fraction of sp³-hybridized carbons (Fsp3) is 0.571. The van der Waals surface area contributed by atoms with E-state index >= 15 is 0 Å². The number of rotatable bonds is 6. The quantitative estimate of drug-likeness (QED) is 0.821. The summed E-state index contributed by atoms with van der Waals surface area (Å²) in [6.45, 7) is 3.14. The van der Waals surface area contributed by atoms with Crippen LogP contribution in [0.2, 0.25) is 0 Å². The molecule has 2 N–H and O–H groups in total. The number of nitrogens with two attached hydrogens (primary N) is 1. The van der Waals surface area contributed by atoms with E-state index in [4.69, 9.17) is 15.2 Å². The van der Waals surface area contributed by atoms with E-state index in [-0.39, 0.29) is 6.10 Å². The largest absolute Gasteiger partial charge is 0.381 e. The van der Waals surface area contributed by atoms with Crippen LogP contribution in [0.5, 0.6) is 0 Å². The third-order valence-electron chi connectivity index (χ3n) is 3.16. The molecule has 3 heteroatoms. The highest BCUT2D eigenvalue weighted by molar-refractivity contribution is 5.17. The first-order valence-electron chi connectivity index (χ1n) is 6.34. The van der Waals surface area contributed by atoms with E-state index < -0.39 is 0 Å². The van der Waals surface area contributed by atoms with Crippen molar-refractivity contribution in [1.82, 2.24) is 0 Å². The highest BCUT2D eigenvalue weighted by Crippen LogP contribution is 2.23. The van der Waals surface area contributed by atoms with Crippen molar-refractivity contribution >= 4 is 0 Å². The molecule has 2 rings (SSSR count). The minimum Gasteiger partial charge on any atom is -0.381 e. The minimum absolute atomic E-state index is 0.127. The van der Waals surface area contributed by atoms with Gasteiger partial charge >= 0.3 is 0 Å². The van der Waals surface area contributed by atoms with Gasteiger partial charge < -0.3 is 15.2 Å². The summed E-state index contributed by atoms with van der Waals surface area (Å²) >= 11 is 0. The molecule has 1 aliphatic rings. The van der Waals surface area contributed by atoms with Crippen LogP contribution in [0.3, 0.4) is 0 Å². The zero-order valence-corrected chi connectivity index (χ0v) is 10.2. The van der Waals surface area contributed by atoms with E-state index in [9.17, 15) is 0 Å². The molecule has 0 bridgehead atoms. The van der Waals surface area contributed by atoms with Gasteiger partial charge in [0, 0.05) is 12.5 Å². The first kappa shape index (κ1) is 12.6. The van der Waals surface area contributed by atoms with Gasteiger partial charge in [0.2, 0.25) is 0 Å². The predicted molar refractivity (Wildman–Crippen MR) is 67.7 cm³/mol. The molecule has 1 aromatic carbocycles. The van der Waals surface area contributed by atoms with Crippen molar-refractivity contribution in [2.45, 2.75) is 18.9 Å². The van der Waals surface area contributed by atoms with E-state index in [1.54, 1.807) is 0 Å². The van der Waals surface area contributed by atoms with Crippen molar-refractivity contribution in [2.24, 2.45) is 11.7 Å². The Bertz CT molecular complexity index is 309. The summed E-state index contributed by atoms with van der Waals surface area (Å²) in [5.74, 6) is 0.555. The molecule has 0 radical (unpaired) electrons. The number of ether oxygens (including phenoxy) is 2. The Morgan fingerprint density at radius 1 is 1.35 bits per heavy atom. The molecule has 0 spiro atoms. The Hall–Kier alpha value is -0.900. The molecule has 2 unspecified atom stereocenters. The highest BCUT2D eigenvalue weighted by Gasteiger charge is 2.18. The average molecular weight is 235 g/mol. The molecule has 0 aliphatic carbocycles. The molecular weight excluding hydrogens is 214 g/mol. The van der Waals surface area contributed by atoms with E-state index in [2.05, 4.69) is 12.1 Å². The summed E-state index contributed by atoms with van der Waals surface area (Å²) in [7, 11) is 0. The lowest BCUT2D eigenvalue weighted by Gasteiger charge is -2.19. The Morgan fingerprint density at radius 3 is 2.82 bits per heavy atom. The Balaban J connectivity index is 1.88. The van der Waals surface area contributed by atoms with E-state index in [0.717, 1.165) is 32.7 Å². The molecule has 0 aromatic heterocycles. The van der Waals surface area contributed by atoms with Crippen LogP contribution >= 0.6 is 0 Å². The third-order valence-corrected chi connectivity index (χ3v) is 3.16. The molecule has 1 aromatic rings. The molecule has 3 nitrogen and oxygen atoms in total. The second-order valence-corrected chi connectivity index (χ2v) is 4.54. The molecule has 0 amide bonds.